The number of phenolic OH excluding ortho intramolecular Hbond substituents is 1. The van der Waals surface area contributed by atoms with Gasteiger partial charge >= 0.3 is 18.0 Å². The zero-order chi connectivity index (χ0) is 24.4. The van der Waals surface area contributed by atoms with Gasteiger partial charge in [0.1, 0.15) is 24.4 Å². The molecule has 2 amide bonds. The summed E-state index contributed by atoms with van der Waals surface area (Å²) in [5.74, 6) is -3.67. The molecule has 33 heavy (non-hydrogen) atoms. The van der Waals surface area contributed by atoms with Crippen molar-refractivity contribution in [3.05, 3.63) is 65.7 Å². The third kappa shape index (κ3) is 8.15. The van der Waals surface area contributed by atoms with E-state index in [1.807, 2.05) is 0 Å². The number of nitrogens with zero attached hydrogens (tertiary/aromatic N) is 1. The predicted octanol–water partition coefficient (Wildman–Crippen LogP) is 1.85. The van der Waals surface area contributed by atoms with Crippen LogP contribution in [-0.2, 0) is 32.2 Å². The maximum Gasteiger partial charge on any atom is 0.432 e. The minimum Gasteiger partial charge on any atom is -0.508 e. The lowest BCUT2D eigenvalue weighted by atomic mass is 10.0. The highest BCUT2D eigenvalue weighted by molar-refractivity contribution is 5.89. The van der Waals surface area contributed by atoms with Gasteiger partial charge in [0, 0.05) is 12.8 Å². The molecule has 11 nitrogen and oxygen atoms in total. The lowest BCUT2D eigenvalue weighted by molar-refractivity contribution is -0.178. The molecule has 0 aliphatic rings. The van der Waals surface area contributed by atoms with Gasteiger partial charge in [0.05, 0.1) is 0 Å². The number of benzene rings is 2. The second kappa shape index (κ2) is 12.1. The maximum absolute atomic E-state index is 12.9. The van der Waals surface area contributed by atoms with E-state index >= 15 is 0 Å². The van der Waals surface area contributed by atoms with Gasteiger partial charge in [0.15, 0.2) is 0 Å². The summed E-state index contributed by atoms with van der Waals surface area (Å²) in [5.41, 5.74) is 1.11. The number of carbonyl (C=O) groups excluding carboxylic acids is 1. The summed E-state index contributed by atoms with van der Waals surface area (Å²) in [6.45, 7) is -0.208. The van der Waals surface area contributed by atoms with E-state index in [4.69, 9.17) is 9.94 Å². The van der Waals surface area contributed by atoms with Crippen molar-refractivity contribution in [3.8, 4) is 5.75 Å². The molecule has 0 aliphatic heterocycles. The SMILES string of the molecule is O=C(O)CC[C@@H](C(=O)N[C@@H](Cc1ccc(O)cc1)C(=O)O)N(OCc1ccccc1)C(=O)O. The third-order valence-electron chi connectivity index (χ3n) is 4.61. The van der Waals surface area contributed by atoms with Gasteiger partial charge in [-0.15, -0.1) is 0 Å². The Morgan fingerprint density at radius 3 is 2.09 bits per heavy atom. The number of nitrogens with one attached hydrogen (secondary N) is 1. The average molecular weight is 460 g/mol. The van der Waals surface area contributed by atoms with Gasteiger partial charge in [0.25, 0.3) is 0 Å². The lowest BCUT2D eigenvalue weighted by Crippen LogP contribution is -2.53. The standard InChI is InChI=1S/C22H24N2O9/c25-16-8-6-14(7-9-16)12-17(21(29)30)23-20(28)18(10-11-19(26)27)24(22(31)32)33-13-15-4-2-1-3-5-15/h1-9,17-18,25H,10-13H2,(H,23,28)(H,26,27)(H,29,30)(H,31,32)/t17-,18-/m0/s1. The Balaban J connectivity index is 2.19. The molecule has 11 heteroatoms. The minimum atomic E-state index is -1.64. The maximum atomic E-state index is 12.9. The van der Waals surface area contributed by atoms with Gasteiger partial charge in [-0.3, -0.25) is 14.4 Å². The predicted molar refractivity (Wildman–Crippen MR) is 113 cm³/mol. The van der Waals surface area contributed by atoms with Crippen molar-refractivity contribution in [3.63, 3.8) is 0 Å². The molecule has 5 N–H and O–H groups in total. The number of carbonyl (C=O) groups is 4. The van der Waals surface area contributed by atoms with E-state index in [0.717, 1.165) is 0 Å². The molecule has 0 heterocycles. The van der Waals surface area contributed by atoms with E-state index in [1.165, 1.54) is 24.3 Å². The molecular formula is C22H24N2O9. The van der Waals surface area contributed by atoms with Gasteiger partial charge in [0.2, 0.25) is 5.91 Å². The summed E-state index contributed by atoms with van der Waals surface area (Å²) in [4.78, 5) is 52.7. The fourth-order valence-electron chi connectivity index (χ4n) is 2.95. The van der Waals surface area contributed by atoms with Crippen LogP contribution in [0.3, 0.4) is 0 Å². The fourth-order valence-corrected chi connectivity index (χ4v) is 2.95. The second-order valence-electron chi connectivity index (χ2n) is 7.09. The Morgan fingerprint density at radius 2 is 1.55 bits per heavy atom. The average Bonchev–Trinajstić information content (AvgIpc) is 2.77. The molecule has 2 aromatic rings. The number of hydrogen-bond acceptors (Lipinski definition) is 6. The molecule has 0 fully saturated rings. The van der Waals surface area contributed by atoms with E-state index in [9.17, 15) is 34.5 Å². The van der Waals surface area contributed by atoms with Crippen molar-refractivity contribution in [2.24, 2.45) is 0 Å². The highest BCUT2D eigenvalue weighted by atomic mass is 16.7. The van der Waals surface area contributed by atoms with Gasteiger partial charge in [-0.1, -0.05) is 42.5 Å². The molecule has 0 radical (unpaired) electrons. The summed E-state index contributed by atoms with van der Waals surface area (Å²) in [6, 6.07) is 11.1. The first-order chi connectivity index (χ1) is 15.7. The highest BCUT2D eigenvalue weighted by Gasteiger charge is 2.34. The number of rotatable bonds is 12. The first-order valence-corrected chi connectivity index (χ1v) is 9.89. The smallest absolute Gasteiger partial charge is 0.432 e. The van der Waals surface area contributed by atoms with Crippen LogP contribution in [0.4, 0.5) is 4.79 Å². The van der Waals surface area contributed by atoms with Crippen LogP contribution in [0.1, 0.15) is 24.0 Å². The zero-order valence-electron chi connectivity index (χ0n) is 17.5. The van der Waals surface area contributed by atoms with E-state index in [-0.39, 0.29) is 18.8 Å². The summed E-state index contributed by atoms with van der Waals surface area (Å²) >= 11 is 0. The third-order valence-corrected chi connectivity index (χ3v) is 4.61. The molecule has 0 saturated heterocycles. The minimum absolute atomic E-state index is 0.0175. The Bertz CT molecular complexity index is 964. The van der Waals surface area contributed by atoms with Crippen LogP contribution >= 0.6 is 0 Å². The molecule has 2 aromatic carbocycles. The lowest BCUT2D eigenvalue weighted by Gasteiger charge is -2.28. The summed E-state index contributed by atoms with van der Waals surface area (Å²) in [5, 5.41) is 40.1. The number of hydrogen-bond donors (Lipinski definition) is 5. The van der Waals surface area contributed by atoms with Crippen LogP contribution in [0.2, 0.25) is 0 Å². The number of phenols is 1. The quantitative estimate of drug-likeness (QED) is 0.296. The number of carboxylic acid groups (broad SMARTS) is 3. The highest BCUT2D eigenvalue weighted by Crippen LogP contribution is 2.15. The van der Waals surface area contributed by atoms with Crippen molar-refractivity contribution in [1.82, 2.24) is 10.4 Å². The molecule has 176 valence electrons. The van der Waals surface area contributed by atoms with Gasteiger partial charge in [-0.2, -0.15) is 5.06 Å². The monoisotopic (exact) mass is 460 g/mol. The van der Waals surface area contributed by atoms with E-state index in [0.29, 0.717) is 16.2 Å². The molecule has 0 bridgehead atoms. The molecule has 0 aliphatic carbocycles. The molecule has 0 spiro atoms. The first kappa shape index (κ1) is 25.1. The molecule has 0 unspecified atom stereocenters. The number of amides is 2. The normalized spacial score (nSPS) is 12.4. The summed E-state index contributed by atoms with van der Waals surface area (Å²) in [7, 11) is 0. The molecule has 0 aromatic heterocycles. The van der Waals surface area contributed by atoms with E-state index in [1.54, 1.807) is 30.3 Å². The first-order valence-electron chi connectivity index (χ1n) is 9.89. The summed E-state index contributed by atoms with van der Waals surface area (Å²) in [6.07, 6.45) is -2.77. The largest absolute Gasteiger partial charge is 0.508 e. The molecule has 2 rings (SSSR count). The van der Waals surface area contributed by atoms with Crippen LogP contribution < -0.4 is 5.32 Å². The topological polar surface area (TPSA) is 174 Å². The van der Waals surface area contributed by atoms with E-state index < -0.39 is 48.9 Å². The number of hydroxylamine groups is 2. The van der Waals surface area contributed by atoms with Crippen LogP contribution in [0.15, 0.2) is 54.6 Å². The fraction of sp³-hybridized carbons (Fsp3) is 0.273. The Morgan fingerprint density at radius 1 is 0.909 bits per heavy atom. The van der Waals surface area contributed by atoms with Crippen LogP contribution in [0, 0.1) is 0 Å². The van der Waals surface area contributed by atoms with Crippen molar-refractivity contribution in [1.29, 1.82) is 0 Å². The Hall–Kier alpha value is -4.12. The van der Waals surface area contributed by atoms with Crippen molar-refractivity contribution < 1.29 is 44.4 Å². The van der Waals surface area contributed by atoms with Gasteiger partial charge in [-0.05, 0) is 29.7 Å². The van der Waals surface area contributed by atoms with Crippen molar-refractivity contribution >= 4 is 23.9 Å². The van der Waals surface area contributed by atoms with Gasteiger partial charge in [-0.25, -0.2) is 9.59 Å². The van der Waals surface area contributed by atoms with Crippen LogP contribution in [0.5, 0.6) is 5.75 Å². The molecule has 0 saturated carbocycles. The second-order valence-corrected chi connectivity index (χ2v) is 7.09. The zero-order valence-corrected chi connectivity index (χ0v) is 17.5. The molecular weight excluding hydrogens is 436 g/mol. The number of aromatic hydroxyl groups is 1. The van der Waals surface area contributed by atoms with Crippen LogP contribution in [-0.4, -0.2) is 61.5 Å². The number of carboxylic acids is 2. The Labute approximate surface area is 188 Å². The van der Waals surface area contributed by atoms with Crippen molar-refractivity contribution in [2.45, 2.75) is 38.0 Å². The number of aliphatic carboxylic acids is 2. The van der Waals surface area contributed by atoms with Gasteiger partial charge < -0.3 is 25.7 Å². The molecule has 2 atom stereocenters. The van der Waals surface area contributed by atoms with E-state index in [2.05, 4.69) is 5.32 Å². The Kier molecular flexibility index (Phi) is 9.18. The van der Waals surface area contributed by atoms with Crippen molar-refractivity contribution in [2.75, 3.05) is 0 Å². The summed E-state index contributed by atoms with van der Waals surface area (Å²) < 4.78 is 0. The van der Waals surface area contributed by atoms with Crippen LogP contribution in [0.25, 0.3) is 0 Å².